The van der Waals surface area contributed by atoms with Crippen molar-refractivity contribution in [1.29, 1.82) is 0 Å². The van der Waals surface area contributed by atoms with E-state index in [9.17, 15) is 10.1 Å². The van der Waals surface area contributed by atoms with E-state index in [2.05, 4.69) is 10.5 Å². The Morgan fingerprint density at radius 2 is 1.85 bits per heavy atom. The molecule has 2 aromatic carbocycles. The largest absolute Gasteiger partial charge is 0.278 e. The van der Waals surface area contributed by atoms with Crippen LogP contribution in [0, 0.1) is 10.1 Å². The van der Waals surface area contributed by atoms with Crippen LogP contribution in [0.3, 0.4) is 0 Å². The predicted molar refractivity (Wildman–Crippen MR) is 80.8 cm³/mol. The van der Waals surface area contributed by atoms with Gasteiger partial charge < -0.3 is 0 Å². The summed E-state index contributed by atoms with van der Waals surface area (Å²) in [5, 5.41) is 15.4. The summed E-state index contributed by atoms with van der Waals surface area (Å²) in [5.41, 5.74) is 4.08. The zero-order valence-corrected chi connectivity index (χ0v) is 11.6. The van der Waals surface area contributed by atoms with Gasteiger partial charge in [0.15, 0.2) is 0 Å². The Morgan fingerprint density at radius 3 is 2.50 bits per heavy atom. The summed E-state index contributed by atoms with van der Waals surface area (Å²) in [6.45, 7) is 0. The fraction of sp³-hybridized carbons (Fsp3) is 0. The lowest BCUT2D eigenvalue weighted by atomic mass is 10.2. The van der Waals surface area contributed by atoms with Gasteiger partial charge in [0.2, 0.25) is 0 Å². The molecule has 5 nitrogen and oxygen atoms in total. The molecule has 0 spiro atoms. The summed E-state index contributed by atoms with van der Waals surface area (Å²) >= 11 is 11.9. The Bertz CT molecular complexity index is 657. The van der Waals surface area contributed by atoms with Crippen LogP contribution in [-0.2, 0) is 0 Å². The average molecular weight is 310 g/mol. The van der Waals surface area contributed by atoms with Gasteiger partial charge in [0.05, 0.1) is 26.9 Å². The molecule has 0 radical (unpaired) electrons. The third-order valence-corrected chi connectivity index (χ3v) is 3.29. The van der Waals surface area contributed by atoms with Crippen molar-refractivity contribution in [2.75, 3.05) is 5.43 Å². The van der Waals surface area contributed by atoms with E-state index < -0.39 is 4.92 Å². The second kappa shape index (κ2) is 6.36. The van der Waals surface area contributed by atoms with Crippen molar-refractivity contribution in [1.82, 2.24) is 0 Å². The number of hydrazone groups is 1. The van der Waals surface area contributed by atoms with E-state index in [-0.39, 0.29) is 5.69 Å². The highest BCUT2D eigenvalue weighted by Gasteiger charge is 2.03. The minimum atomic E-state index is -0.460. The van der Waals surface area contributed by atoms with Gasteiger partial charge >= 0.3 is 0 Å². The molecule has 0 amide bonds. The lowest BCUT2D eigenvalue weighted by Crippen LogP contribution is -1.92. The number of halogens is 2. The van der Waals surface area contributed by atoms with E-state index in [4.69, 9.17) is 23.2 Å². The van der Waals surface area contributed by atoms with E-state index in [0.29, 0.717) is 21.3 Å². The molecule has 0 aliphatic rings. The van der Waals surface area contributed by atoms with Gasteiger partial charge in [0, 0.05) is 17.7 Å². The molecule has 2 aromatic rings. The number of rotatable bonds is 4. The maximum Gasteiger partial charge on any atom is 0.269 e. The number of hydrogen-bond donors (Lipinski definition) is 1. The fourth-order valence-electron chi connectivity index (χ4n) is 1.45. The molecule has 0 aliphatic carbocycles. The van der Waals surface area contributed by atoms with Gasteiger partial charge in [0.1, 0.15) is 0 Å². The molecule has 7 heteroatoms. The first-order valence-corrected chi connectivity index (χ1v) is 6.31. The Kier molecular flexibility index (Phi) is 4.55. The summed E-state index contributed by atoms with van der Waals surface area (Å²) in [6, 6.07) is 11.1. The second-order valence-corrected chi connectivity index (χ2v) is 4.60. The topological polar surface area (TPSA) is 67.5 Å². The zero-order chi connectivity index (χ0) is 14.5. The van der Waals surface area contributed by atoms with E-state index in [1.54, 1.807) is 30.3 Å². The molecule has 0 saturated heterocycles. The van der Waals surface area contributed by atoms with Crippen molar-refractivity contribution < 1.29 is 4.92 Å². The normalized spacial score (nSPS) is 10.7. The summed E-state index contributed by atoms with van der Waals surface area (Å²) in [6.07, 6.45) is 1.52. The first-order chi connectivity index (χ1) is 9.58. The van der Waals surface area contributed by atoms with Gasteiger partial charge in [-0.3, -0.25) is 15.5 Å². The van der Waals surface area contributed by atoms with Gasteiger partial charge in [-0.25, -0.2) is 0 Å². The van der Waals surface area contributed by atoms with Crippen LogP contribution in [0.15, 0.2) is 47.6 Å². The molecule has 0 aromatic heterocycles. The standard InChI is InChI=1S/C13H9Cl2N3O2/c14-12-3-1-2-9(13(12)15)8-16-17-10-4-6-11(7-5-10)18(19)20/h1-8,17H/b16-8+. The molecule has 0 bridgehead atoms. The Hall–Kier alpha value is -2.11. The second-order valence-electron chi connectivity index (χ2n) is 3.82. The van der Waals surface area contributed by atoms with Crippen molar-refractivity contribution in [3.63, 3.8) is 0 Å². The number of benzene rings is 2. The fourth-order valence-corrected chi connectivity index (χ4v) is 1.81. The molecule has 0 unspecified atom stereocenters. The quantitative estimate of drug-likeness (QED) is 0.518. The zero-order valence-electron chi connectivity index (χ0n) is 10.1. The third kappa shape index (κ3) is 3.46. The third-order valence-electron chi connectivity index (χ3n) is 2.46. The maximum absolute atomic E-state index is 10.5. The molecule has 0 aliphatic heterocycles. The van der Waals surface area contributed by atoms with Crippen LogP contribution in [0.5, 0.6) is 0 Å². The molecule has 20 heavy (non-hydrogen) atoms. The molecule has 0 atom stereocenters. The minimum absolute atomic E-state index is 0.0254. The highest BCUT2D eigenvalue weighted by atomic mass is 35.5. The van der Waals surface area contributed by atoms with Crippen molar-refractivity contribution in [2.24, 2.45) is 5.10 Å². The van der Waals surface area contributed by atoms with Gasteiger partial charge in [-0.1, -0.05) is 35.3 Å². The number of nitro groups is 1. The number of non-ortho nitro benzene ring substituents is 1. The molecule has 1 N–H and O–H groups in total. The van der Waals surface area contributed by atoms with Gasteiger partial charge in [-0.2, -0.15) is 5.10 Å². The lowest BCUT2D eigenvalue weighted by Gasteiger charge is -2.01. The number of hydrogen-bond acceptors (Lipinski definition) is 4. The van der Waals surface area contributed by atoms with Crippen LogP contribution in [-0.4, -0.2) is 11.1 Å². The number of nitro benzene ring substituents is 1. The number of anilines is 1. The van der Waals surface area contributed by atoms with Crippen molar-refractivity contribution >= 4 is 40.8 Å². The highest BCUT2D eigenvalue weighted by molar-refractivity contribution is 6.43. The van der Waals surface area contributed by atoms with Crippen LogP contribution in [0.4, 0.5) is 11.4 Å². The lowest BCUT2D eigenvalue weighted by molar-refractivity contribution is -0.384. The van der Waals surface area contributed by atoms with Gasteiger partial charge in [-0.15, -0.1) is 0 Å². The summed E-state index contributed by atoms with van der Waals surface area (Å²) in [7, 11) is 0. The molecule has 2 rings (SSSR count). The monoisotopic (exact) mass is 309 g/mol. The van der Waals surface area contributed by atoms with Crippen molar-refractivity contribution in [3.05, 3.63) is 68.2 Å². The molecule has 0 saturated carbocycles. The highest BCUT2D eigenvalue weighted by Crippen LogP contribution is 2.24. The summed E-state index contributed by atoms with van der Waals surface area (Å²) in [4.78, 5) is 10.0. The maximum atomic E-state index is 10.5. The molecule has 102 valence electrons. The van der Waals surface area contributed by atoms with Gasteiger partial charge in [0.25, 0.3) is 5.69 Å². The van der Waals surface area contributed by atoms with Crippen molar-refractivity contribution in [2.45, 2.75) is 0 Å². The minimum Gasteiger partial charge on any atom is -0.278 e. The van der Waals surface area contributed by atoms with E-state index >= 15 is 0 Å². The number of nitrogens with one attached hydrogen (secondary N) is 1. The van der Waals surface area contributed by atoms with Gasteiger partial charge in [-0.05, 0) is 18.2 Å². The van der Waals surface area contributed by atoms with Crippen molar-refractivity contribution in [3.8, 4) is 0 Å². The van der Waals surface area contributed by atoms with E-state index in [1.807, 2.05) is 0 Å². The van der Waals surface area contributed by atoms with E-state index in [0.717, 1.165) is 0 Å². The first-order valence-electron chi connectivity index (χ1n) is 5.55. The average Bonchev–Trinajstić information content (AvgIpc) is 2.44. The predicted octanol–water partition coefficient (Wildman–Crippen LogP) is 4.35. The summed E-state index contributed by atoms with van der Waals surface area (Å²) < 4.78 is 0. The van der Waals surface area contributed by atoms with Crippen LogP contribution in [0.25, 0.3) is 0 Å². The molecule has 0 fully saturated rings. The summed E-state index contributed by atoms with van der Waals surface area (Å²) in [5.74, 6) is 0. The Morgan fingerprint density at radius 1 is 1.15 bits per heavy atom. The Labute approximate surface area is 125 Å². The van der Waals surface area contributed by atoms with Crippen LogP contribution in [0.1, 0.15) is 5.56 Å². The van der Waals surface area contributed by atoms with Crippen LogP contribution >= 0.6 is 23.2 Å². The van der Waals surface area contributed by atoms with E-state index in [1.165, 1.54) is 18.3 Å². The smallest absolute Gasteiger partial charge is 0.269 e. The molecular formula is C13H9Cl2N3O2. The van der Waals surface area contributed by atoms with Crippen LogP contribution in [0.2, 0.25) is 10.0 Å². The SMILES string of the molecule is O=[N+]([O-])c1ccc(N/N=C/c2cccc(Cl)c2Cl)cc1. The number of nitrogens with zero attached hydrogens (tertiary/aromatic N) is 2. The molecule has 0 heterocycles. The Balaban J connectivity index is 2.06. The molecular weight excluding hydrogens is 301 g/mol. The first kappa shape index (κ1) is 14.3. The van der Waals surface area contributed by atoms with Crippen LogP contribution < -0.4 is 5.43 Å².